The van der Waals surface area contributed by atoms with Crippen molar-refractivity contribution in [1.29, 1.82) is 0 Å². The number of hydrogen-bond acceptors (Lipinski definition) is 2. The van der Waals surface area contributed by atoms with Gasteiger partial charge in [0.25, 0.3) is 0 Å². The van der Waals surface area contributed by atoms with Crippen molar-refractivity contribution >= 4 is 11.8 Å². The second kappa shape index (κ2) is 6.79. The molecule has 0 aliphatic heterocycles. The van der Waals surface area contributed by atoms with Crippen molar-refractivity contribution in [2.45, 2.75) is 33.2 Å². The van der Waals surface area contributed by atoms with E-state index in [0.717, 1.165) is 11.1 Å². The molecule has 0 aromatic heterocycles. The van der Waals surface area contributed by atoms with Gasteiger partial charge < -0.3 is 10.6 Å². The van der Waals surface area contributed by atoms with Crippen LogP contribution in [0.4, 0.5) is 0 Å². The van der Waals surface area contributed by atoms with Gasteiger partial charge in [-0.1, -0.05) is 24.3 Å². The number of nitrogens with one attached hydrogen (secondary N) is 2. The fraction of sp³-hybridized carbons (Fsp3) is 0.429. The molecule has 1 aromatic rings. The number of amides is 2. The minimum atomic E-state index is -0.164. The molecule has 0 saturated heterocycles. The number of hydrogen-bond donors (Lipinski definition) is 2. The van der Waals surface area contributed by atoms with Crippen molar-refractivity contribution < 1.29 is 9.59 Å². The maximum absolute atomic E-state index is 11.7. The van der Waals surface area contributed by atoms with Gasteiger partial charge in [-0.3, -0.25) is 9.59 Å². The molecule has 0 heterocycles. The zero-order valence-corrected chi connectivity index (χ0v) is 11.1. The van der Waals surface area contributed by atoms with Gasteiger partial charge in [0.05, 0.1) is 13.0 Å². The molecule has 18 heavy (non-hydrogen) atoms. The zero-order chi connectivity index (χ0) is 13.5. The lowest BCUT2D eigenvalue weighted by Gasteiger charge is -2.10. The van der Waals surface area contributed by atoms with E-state index in [-0.39, 0.29) is 24.4 Å². The Kier molecular flexibility index (Phi) is 5.36. The Morgan fingerprint density at radius 3 is 2.44 bits per heavy atom. The summed E-state index contributed by atoms with van der Waals surface area (Å²) in [5, 5.41) is 5.33. The molecular formula is C14H20N2O2. The fourth-order valence-corrected chi connectivity index (χ4v) is 1.60. The van der Waals surface area contributed by atoms with Crippen LogP contribution in [0, 0.1) is 6.92 Å². The van der Waals surface area contributed by atoms with Crippen LogP contribution in [-0.4, -0.2) is 24.4 Å². The number of rotatable bonds is 5. The quantitative estimate of drug-likeness (QED) is 0.822. The van der Waals surface area contributed by atoms with Crippen LogP contribution < -0.4 is 10.6 Å². The molecule has 1 aromatic carbocycles. The van der Waals surface area contributed by atoms with E-state index >= 15 is 0 Å². The summed E-state index contributed by atoms with van der Waals surface area (Å²) in [6.07, 6.45) is 0.307. The third-order valence-electron chi connectivity index (χ3n) is 2.51. The van der Waals surface area contributed by atoms with Gasteiger partial charge in [0.2, 0.25) is 11.8 Å². The van der Waals surface area contributed by atoms with E-state index in [1.807, 2.05) is 45.0 Å². The Morgan fingerprint density at radius 1 is 1.17 bits per heavy atom. The summed E-state index contributed by atoms with van der Waals surface area (Å²) in [5.41, 5.74) is 2.07. The Labute approximate surface area is 108 Å². The summed E-state index contributed by atoms with van der Waals surface area (Å²) >= 11 is 0. The molecule has 4 heteroatoms. The van der Waals surface area contributed by atoms with E-state index in [2.05, 4.69) is 10.6 Å². The van der Waals surface area contributed by atoms with Crippen molar-refractivity contribution in [3.8, 4) is 0 Å². The molecule has 0 saturated carbocycles. The van der Waals surface area contributed by atoms with Crippen molar-refractivity contribution in [2.75, 3.05) is 6.54 Å². The maximum atomic E-state index is 11.7. The van der Waals surface area contributed by atoms with Gasteiger partial charge in [0.15, 0.2) is 0 Å². The largest absolute Gasteiger partial charge is 0.352 e. The SMILES string of the molecule is Cc1ccccc1CC(=O)NCC(=O)NC(C)C. The Balaban J connectivity index is 2.39. The highest BCUT2D eigenvalue weighted by Gasteiger charge is 2.08. The zero-order valence-electron chi connectivity index (χ0n) is 11.1. The van der Waals surface area contributed by atoms with Gasteiger partial charge in [-0.15, -0.1) is 0 Å². The minimum Gasteiger partial charge on any atom is -0.352 e. The summed E-state index contributed by atoms with van der Waals surface area (Å²) in [7, 11) is 0. The molecule has 0 atom stereocenters. The first kappa shape index (κ1) is 14.2. The second-order valence-corrected chi connectivity index (χ2v) is 4.60. The topological polar surface area (TPSA) is 58.2 Å². The van der Waals surface area contributed by atoms with Crippen LogP contribution in [0.5, 0.6) is 0 Å². The molecule has 0 aliphatic carbocycles. The maximum Gasteiger partial charge on any atom is 0.239 e. The van der Waals surface area contributed by atoms with Crippen molar-refractivity contribution in [2.24, 2.45) is 0 Å². The van der Waals surface area contributed by atoms with Gasteiger partial charge in [-0.25, -0.2) is 0 Å². The molecule has 4 nitrogen and oxygen atoms in total. The monoisotopic (exact) mass is 248 g/mol. The molecule has 0 bridgehead atoms. The lowest BCUT2D eigenvalue weighted by atomic mass is 10.1. The highest BCUT2D eigenvalue weighted by molar-refractivity contribution is 5.85. The lowest BCUT2D eigenvalue weighted by Crippen LogP contribution is -2.40. The summed E-state index contributed by atoms with van der Waals surface area (Å²) in [6, 6.07) is 7.82. The molecule has 0 radical (unpaired) electrons. The average Bonchev–Trinajstić information content (AvgIpc) is 2.29. The Hall–Kier alpha value is -1.84. The van der Waals surface area contributed by atoms with E-state index in [4.69, 9.17) is 0 Å². The minimum absolute atomic E-state index is 0.0306. The van der Waals surface area contributed by atoms with Crippen LogP contribution in [-0.2, 0) is 16.0 Å². The molecule has 1 rings (SSSR count). The Morgan fingerprint density at radius 2 is 1.83 bits per heavy atom. The summed E-state index contributed by atoms with van der Waals surface area (Å²) in [5.74, 6) is -0.300. The lowest BCUT2D eigenvalue weighted by molar-refractivity contribution is -0.126. The molecule has 2 amide bonds. The third kappa shape index (κ3) is 4.99. The van der Waals surface area contributed by atoms with Crippen LogP contribution in [0.25, 0.3) is 0 Å². The van der Waals surface area contributed by atoms with Gasteiger partial charge >= 0.3 is 0 Å². The van der Waals surface area contributed by atoms with Crippen molar-refractivity contribution in [3.05, 3.63) is 35.4 Å². The predicted octanol–water partition coefficient (Wildman–Crippen LogP) is 1.18. The molecule has 0 aliphatic rings. The van der Waals surface area contributed by atoms with E-state index in [9.17, 15) is 9.59 Å². The Bertz CT molecular complexity index is 428. The van der Waals surface area contributed by atoms with Crippen LogP contribution >= 0.6 is 0 Å². The molecular weight excluding hydrogens is 228 g/mol. The summed E-state index contributed by atoms with van der Waals surface area (Å²) < 4.78 is 0. The van der Waals surface area contributed by atoms with E-state index in [0.29, 0.717) is 6.42 Å². The van der Waals surface area contributed by atoms with Crippen LogP contribution in [0.1, 0.15) is 25.0 Å². The fourth-order valence-electron chi connectivity index (χ4n) is 1.60. The highest BCUT2D eigenvalue weighted by atomic mass is 16.2. The smallest absolute Gasteiger partial charge is 0.239 e. The van der Waals surface area contributed by atoms with Crippen molar-refractivity contribution in [3.63, 3.8) is 0 Å². The standard InChI is InChI=1S/C14H20N2O2/c1-10(2)16-14(18)9-15-13(17)8-12-7-5-4-6-11(12)3/h4-7,10H,8-9H2,1-3H3,(H,15,17)(H,16,18). The van der Waals surface area contributed by atoms with Crippen LogP contribution in [0.15, 0.2) is 24.3 Å². The van der Waals surface area contributed by atoms with Crippen molar-refractivity contribution in [1.82, 2.24) is 10.6 Å². The first-order chi connectivity index (χ1) is 8.49. The average molecular weight is 248 g/mol. The first-order valence-corrected chi connectivity index (χ1v) is 6.09. The number of aryl methyl sites for hydroxylation is 1. The number of carbonyl (C=O) groups is 2. The summed E-state index contributed by atoms with van der Waals surface area (Å²) in [4.78, 5) is 23.0. The predicted molar refractivity (Wildman–Crippen MR) is 71.2 cm³/mol. The number of carbonyl (C=O) groups excluding carboxylic acids is 2. The highest BCUT2D eigenvalue weighted by Crippen LogP contribution is 2.07. The van der Waals surface area contributed by atoms with Gasteiger partial charge in [-0.2, -0.15) is 0 Å². The van der Waals surface area contributed by atoms with Crippen LogP contribution in [0.3, 0.4) is 0 Å². The number of benzene rings is 1. The molecule has 0 spiro atoms. The van der Waals surface area contributed by atoms with Gasteiger partial charge in [0, 0.05) is 6.04 Å². The normalized spacial score (nSPS) is 10.2. The molecule has 2 N–H and O–H groups in total. The van der Waals surface area contributed by atoms with E-state index in [1.54, 1.807) is 0 Å². The molecule has 98 valence electrons. The first-order valence-electron chi connectivity index (χ1n) is 6.09. The second-order valence-electron chi connectivity index (χ2n) is 4.60. The molecule has 0 unspecified atom stereocenters. The molecule has 0 fully saturated rings. The van der Waals surface area contributed by atoms with E-state index in [1.165, 1.54) is 0 Å². The summed E-state index contributed by atoms with van der Waals surface area (Å²) in [6.45, 7) is 5.76. The van der Waals surface area contributed by atoms with Gasteiger partial charge in [-0.05, 0) is 31.9 Å². The van der Waals surface area contributed by atoms with Crippen LogP contribution in [0.2, 0.25) is 0 Å². The van der Waals surface area contributed by atoms with Gasteiger partial charge in [0.1, 0.15) is 0 Å². The van der Waals surface area contributed by atoms with E-state index < -0.39 is 0 Å². The third-order valence-corrected chi connectivity index (χ3v) is 2.51.